The Hall–Kier alpha value is -1.34. The van der Waals surface area contributed by atoms with Crippen LogP contribution >= 0.6 is 23.5 Å². The molecule has 2 aromatic rings. The number of hydrogen-bond acceptors (Lipinski definition) is 6. The molecular weight excluding hydrogens is 533 g/mol. The van der Waals surface area contributed by atoms with Crippen LogP contribution in [0.4, 0.5) is 0 Å². The third kappa shape index (κ3) is 9.61. The van der Waals surface area contributed by atoms with Crippen LogP contribution in [0.15, 0.2) is 34.1 Å². The second-order valence-electron chi connectivity index (χ2n) is 15.1. The largest absolute Gasteiger partial charge is 0.507 e. The van der Waals surface area contributed by atoms with Gasteiger partial charge in [-0.2, -0.15) is 0 Å². The maximum Gasteiger partial charge on any atom is 0.123 e. The second kappa shape index (κ2) is 13.3. The lowest BCUT2D eigenvalue weighted by molar-refractivity contribution is 0.318. The molecule has 40 heavy (non-hydrogen) atoms. The Bertz CT molecular complexity index is 975. The monoisotopic (exact) mass is 588 g/mol. The van der Waals surface area contributed by atoms with Crippen LogP contribution in [0.3, 0.4) is 0 Å². The minimum atomic E-state index is -0.128. The van der Waals surface area contributed by atoms with E-state index in [1.54, 1.807) is 0 Å². The van der Waals surface area contributed by atoms with E-state index in [4.69, 9.17) is 5.73 Å². The minimum absolute atomic E-state index is 0.128. The number of rotatable bonds is 10. The van der Waals surface area contributed by atoms with Gasteiger partial charge < -0.3 is 20.8 Å². The molecule has 0 spiro atoms. The van der Waals surface area contributed by atoms with Gasteiger partial charge in [0.25, 0.3) is 0 Å². The average Bonchev–Trinajstić information content (AvgIpc) is 2.77. The number of benzene rings is 2. The molecular formula is C34H56N2O2S2. The summed E-state index contributed by atoms with van der Waals surface area (Å²) in [6.07, 6.45) is 0. The molecule has 2 rings (SSSR count). The summed E-state index contributed by atoms with van der Waals surface area (Å²) in [6, 6.07) is 8.68. The first-order valence-corrected chi connectivity index (χ1v) is 16.6. The van der Waals surface area contributed by atoms with Crippen molar-refractivity contribution in [3.8, 4) is 11.5 Å². The number of phenols is 2. The van der Waals surface area contributed by atoms with Gasteiger partial charge in [0.05, 0.1) is 0 Å². The molecule has 4 nitrogen and oxygen atoms in total. The van der Waals surface area contributed by atoms with Crippen molar-refractivity contribution in [1.82, 2.24) is 4.90 Å². The predicted octanol–water partition coefficient (Wildman–Crippen LogP) is 8.43. The molecule has 0 atom stereocenters. The number of phenolic OH excluding ortho intramolecular Hbond substituents is 2. The van der Waals surface area contributed by atoms with Crippen LogP contribution < -0.4 is 5.73 Å². The van der Waals surface area contributed by atoms with Crippen molar-refractivity contribution in [3.05, 3.63) is 46.5 Å². The van der Waals surface area contributed by atoms with Gasteiger partial charge in [-0.05, 0) is 45.9 Å². The van der Waals surface area contributed by atoms with E-state index in [0.717, 1.165) is 53.4 Å². The highest BCUT2D eigenvalue weighted by Crippen LogP contribution is 2.43. The quantitative estimate of drug-likeness (QED) is 0.242. The van der Waals surface area contributed by atoms with Gasteiger partial charge in [-0.25, -0.2) is 0 Å². The molecule has 6 heteroatoms. The van der Waals surface area contributed by atoms with Crippen LogP contribution in [-0.2, 0) is 21.7 Å². The van der Waals surface area contributed by atoms with E-state index >= 15 is 0 Å². The van der Waals surface area contributed by atoms with E-state index in [2.05, 4.69) is 112 Å². The maximum absolute atomic E-state index is 11.0. The van der Waals surface area contributed by atoms with Crippen molar-refractivity contribution in [2.45, 2.75) is 115 Å². The summed E-state index contributed by atoms with van der Waals surface area (Å²) in [5.41, 5.74) is 9.52. The van der Waals surface area contributed by atoms with Crippen molar-refractivity contribution in [3.63, 3.8) is 0 Å². The lowest BCUT2D eigenvalue weighted by Gasteiger charge is -2.28. The predicted molar refractivity (Wildman–Crippen MR) is 178 cm³/mol. The van der Waals surface area contributed by atoms with Crippen LogP contribution in [0.5, 0.6) is 11.5 Å². The van der Waals surface area contributed by atoms with Crippen molar-refractivity contribution in [2.24, 2.45) is 5.73 Å². The first-order valence-electron chi connectivity index (χ1n) is 14.6. The van der Waals surface area contributed by atoms with Gasteiger partial charge >= 0.3 is 0 Å². The summed E-state index contributed by atoms with van der Waals surface area (Å²) in [4.78, 5) is 4.87. The fourth-order valence-electron chi connectivity index (χ4n) is 4.77. The summed E-state index contributed by atoms with van der Waals surface area (Å²) in [5.74, 6) is 2.79. The molecule has 0 aliphatic rings. The fourth-order valence-corrected chi connectivity index (χ4v) is 6.75. The Balaban J connectivity index is 2.13. The second-order valence-corrected chi connectivity index (χ2v) is 17.4. The van der Waals surface area contributed by atoms with Gasteiger partial charge in [-0.3, -0.25) is 0 Å². The molecule has 0 heterocycles. The van der Waals surface area contributed by atoms with Gasteiger partial charge in [0.1, 0.15) is 11.5 Å². The summed E-state index contributed by atoms with van der Waals surface area (Å²) in [7, 11) is 0. The Labute approximate surface area is 253 Å². The SMILES string of the molecule is CC(C)(C)c1cc(SCCN(CCN)CCSc2cc(C(C)(C)C)c(O)c(C(C)(C)C)c2)cc(C(C)(C)C)c1O. The third-order valence-corrected chi connectivity index (χ3v) is 9.11. The molecule has 0 saturated heterocycles. The molecule has 0 unspecified atom stereocenters. The number of nitrogens with two attached hydrogens (primary N) is 1. The molecule has 0 fully saturated rings. The Morgan fingerprint density at radius 1 is 0.550 bits per heavy atom. The molecule has 0 aliphatic carbocycles. The normalized spacial score (nSPS) is 13.3. The van der Waals surface area contributed by atoms with E-state index < -0.39 is 0 Å². The van der Waals surface area contributed by atoms with E-state index in [-0.39, 0.29) is 21.7 Å². The molecule has 226 valence electrons. The number of aromatic hydroxyl groups is 2. The van der Waals surface area contributed by atoms with Gasteiger partial charge in [-0.1, -0.05) is 83.1 Å². The van der Waals surface area contributed by atoms with Gasteiger partial charge in [0, 0.05) is 69.7 Å². The van der Waals surface area contributed by atoms with E-state index in [0.29, 0.717) is 18.0 Å². The van der Waals surface area contributed by atoms with Crippen LogP contribution in [0.2, 0.25) is 0 Å². The van der Waals surface area contributed by atoms with Crippen molar-refractivity contribution >= 4 is 23.5 Å². The van der Waals surface area contributed by atoms with Gasteiger partial charge in [-0.15, -0.1) is 23.5 Å². The Morgan fingerprint density at radius 3 is 1.05 bits per heavy atom. The molecule has 4 N–H and O–H groups in total. The van der Waals surface area contributed by atoms with Crippen LogP contribution in [0.1, 0.15) is 105 Å². The van der Waals surface area contributed by atoms with Crippen LogP contribution in [0.25, 0.3) is 0 Å². The lowest BCUT2D eigenvalue weighted by atomic mass is 9.79. The highest BCUT2D eigenvalue weighted by atomic mass is 32.2. The Morgan fingerprint density at radius 2 is 0.825 bits per heavy atom. The maximum atomic E-state index is 11.0. The topological polar surface area (TPSA) is 69.7 Å². The Kier molecular flexibility index (Phi) is 11.6. The molecule has 0 aliphatic heterocycles. The fraction of sp³-hybridized carbons (Fsp3) is 0.647. The zero-order chi connectivity index (χ0) is 30.7. The summed E-state index contributed by atoms with van der Waals surface area (Å²) >= 11 is 3.71. The molecule has 0 amide bonds. The van der Waals surface area contributed by atoms with Crippen molar-refractivity contribution in [2.75, 3.05) is 37.7 Å². The summed E-state index contributed by atoms with van der Waals surface area (Å²) in [5, 5.41) is 22.1. The van der Waals surface area contributed by atoms with Crippen LogP contribution in [0, 0.1) is 0 Å². The van der Waals surface area contributed by atoms with Crippen molar-refractivity contribution in [1.29, 1.82) is 0 Å². The number of hydrogen-bond donors (Lipinski definition) is 3. The smallest absolute Gasteiger partial charge is 0.123 e. The molecule has 0 aromatic heterocycles. The zero-order valence-corrected chi connectivity index (χ0v) is 28.9. The number of thioether (sulfide) groups is 2. The van der Waals surface area contributed by atoms with E-state index in [1.807, 2.05) is 23.5 Å². The third-order valence-electron chi connectivity index (χ3n) is 7.20. The highest BCUT2D eigenvalue weighted by Gasteiger charge is 2.28. The lowest BCUT2D eigenvalue weighted by Crippen LogP contribution is -2.33. The average molecular weight is 589 g/mol. The van der Waals surface area contributed by atoms with E-state index in [9.17, 15) is 10.2 Å². The molecule has 0 radical (unpaired) electrons. The van der Waals surface area contributed by atoms with Crippen molar-refractivity contribution < 1.29 is 10.2 Å². The zero-order valence-electron chi connectivity index (χ0n) is 27.3. The van der Waals surface area contributed by atoms with Crippen LogP contribution in [-0.4, -0.2) is 52.8 Å². The highest BCUT2D eigenvalue weighted by molar-refractivity contribution is 7.99. The number of nitrogens with zero attached hydrogens (tertiary/aromatic N) is 1. The molecule has 0 saturated carbocycles. The summed E-state index contributed by atoms with van der Waals surface area (Å²) in [6.45, 7) is 29.3. The first kappa shape index (κ1) is 34.9. The first-order chi connectivity index (χ1) is 18.2. The van der Waals surface area contributed by atoms with Gasteiger partial charge in [0.15, 0.2) is 0 Å². The summed E-state index contributed by atoms with van der Waals surface area (Å²) < 4.78 is 0. The van der Waals surface area contributed by atoms with Gasteiger partial charge in [0.2, 0.25) is 0 Å². The molecule has 2 aromatic carbocycles. The van der Waals surface area contributed by atoms with E-state index in [1.165, 1.54) is 9.79 Å². The molecule has 0 bridgehead atoms. The standard InChI is InChI=1S/C34H56N2O2S2/c1-31(2,3)25-19-23(20-26(29(25)37)32(4,5)6)39-17-15-36(14-13-35)16-18-40-24-21-27(33(7,8)9)30(38)28(22-24)34(10,11)12/h19-22,37-38H,13-18,35H2,1-12H3. The minimum Gasteiger partial charge on any atom is -0.507 e.